The fraction of sp³-hybridized carbons (Fsp3) is 0.488. The van der Waals surface area contributed by atoms with Crippen LogP contribution in [-0.4, -0.2) is 323 Å². The molecule has 4 bridgehead atoms. The lowest BCUT2D eigenvalue weighted by molar-refractivity contribution is -0.142. The summed E-state index contributed by atoms with van der Waals surface area (Å²) in [7, 11) is 0. The average Bonchev–Trinajstić information content (AvgIpc) is 1.43. The Hall–Kier alpha value is -14.1. The van der Waals surface area contributed by atoms with Crippen LogP contribution in [0.5, 0.6) is 5.75 Å². The molecule has 3 aliphatic rings. The molecule has 0 spiro atoms. The van der Waals surface area contributed by atoms with Crippen molar-refractivity contribution in [2.45, 2.75) is 202 Å². The summed E-state index contributed by atoms with van der Waals surface area (Å²) in [6.07, 6.45) is -8.72. The molecule has 50 heteroatoms. The maximum absolute atomic E-state index is 15.5. The summed E-state index contributed by atoms with van der Waals surface area (Å²) < 4.78 is 0. The standard InChI is InChI=1S/C86H114N20O28S2/c1-42(87)71(120)103-61-37-136-39-64(110)106-28-27-105-40-86(134,41-106)90-35-59(101-73(122)44(3)91-76(125)55(31-48-17-12-16-47-15-10-11-18-50(47)48)98-74(123)51(23-25-65(111)112)93-79(128)56(32-62(88)108)95-72(121)43(2)92-83(61)132)82(131)94-52(24-26-66(113)114)75(124)99-57(33-67(115)116)80(129)97-53(29-45-13-8-7-9-14-45)77(126)96-54(30-46-19-21-49(107)22-20-46)78(127)100-58(34-68(117)118)81(130)104-69(85(4,5)6)84(133)102-60(70(89)119)36-135-38-63(105)109/h7-22,42-44,51-61,69,90,107,134H,23-41,87H2,1-6H3,(H2,88,108)(H2,89,119)(H,91,125)(H,92,132)(H,93,128)(H,94,131)(H,95,121)(H,96,126)(H,97,129)(H,98,123)(H,99,124)(H,100,127)(H,101,122)(H,102,133)(H,103,120)(H,104,130)(H,111,112)(H,113,114)(H,115,116)(H,117,118)/t42-,43+,44+,51-,52-,53-,54-,55-,56-,57-,58-,59+,60-,61-,69+,86?/m0/s1. The quantitative estimate of drug-likeness (QED) is 0.0368. The summed E-state index contributed by atoms with van der Waals surface area (Å²) in [4.78, 5) is 314. The SMILES string of the molecule is C[C@H](N)C(=O)N[C@H]1CSCC(=O)N2CCN3CC(O)(C2)NC[C@@H](NC(=O)[C@@H](C)NC(=O)[C@H](Cc2cccc4ccccc24)NC(=O)[C@H](CCC(=O)O)NC(=O)[C@H](CC(N)=O)NC(=O)[C@@H](C)NC1=O)C(=O)N[C@@H](CCC(=O)O)C(=O)N[C@@H](CC(=O)O)C(=O)N[C@@H](Cc1ccccc1)C(=O)N[C@@H](Cc1ccc(O)cc1)C(=O)N[C@@H](CC(=O)O)C(=O)N[C@@H](C(C)(C)C)C(=O)N[C@H](C(N)=O)CSCC3=O. The Morgan fingerprint density at radius 2 is 0.882 bits per heavy atom. The molecule has 27 N–H and O–H groups in total. The van der Waals surface area contributed by atoms with Crippen LogP contribution in [-0.2, 0) is 125 Å². The second kappa shape index (κ2) is 50.8. The minimum atomic E-state index is -2.74. The van der Waals surface area contributed by atoms with Crippen LogP contribution in [0.3, 0.4) is 0 Å². The van der Waals surface area contributed by atoms with Gasteiger partial charge in [-0.2, -0.15) is 0 Å². The Morgan fingerprint density at radius 1 is 0.463 bits per heavy atom. The van der Waals surface area contributed by atoms with E-state index in [4.69, 9.17) is 17.2 Å². The topological polar surface area (TPSA) is 762 Å². The average molecular weight is 1940 g/mol. The summed E-state index contributed by atoms with van der Waals surface area (Å²) in [5.41, 5.74) is 14.0. The molecule has 4 aromatic rings. The number of fused-ring (bicyclic) bond motifs is 5. The van der Waals surface area contributed by atoms with Gasteiger partial charge < -0.3 is 132 Å². The fourth-order valence-electron chi connectivity index (χ4n) is 14.2. The van der Waals surface area contributed by atoms with E-state index in [1.54, 1.807) is 48.5 Å². The van der Waals surface area contributed by atoms with E-state index in [1.807, 2.05) is 0 Å². The van der Waals surface area contributed by atoms with E-state index >= 15 is 24.0 Å². The van der Waals surface area contributed by atoms with E-state index in [1.165, 1.54) is 76.2 Å². The maximum atomic E-state index is 15.5. The molecule has 3 heterocycles. The minimum Gasteiger partial charge on any atom is -0.508 e. The van der Waals surface area contributed by atoms with E-state index in [-0.39, 0.29) is 16.9 Å². The summed E-state index contributed by atoms with van der Waals surface area (Å²) in [6.45, 7) is 3.83. The smallest absolute Gasteiger partial charge is 0.305 e. The van der Waals surface area contributed by atoms with Crippen molar-refractivity contribution in [2.24, 2.45) is 22.6 Å². The van der Waals surface area contributed by atoms with Crippen molar-refractivity contribution < 1.29 is 136 Å². The zero-order valence-corrected chi connectivity index (χ0v) is 76.6. The molecule has 3 saturated heterocycles. The van der Waals surface area contributed by atoms with Crippen LogP contribution >= 0.6 is 23.5 Å². The number of benzene rings is 4. The molecule has 4 aromatic carbocycles. The van der Waals surface area contributed by atoms with Crippen molar-refractivity contribution in [3.8, 4) is 5.75 Å². The number of carbonyl (C=O) groups excluding carboxylic acids is 18. The highest BCUT2D eigenvalue weighted by Crippen LogP contribution is 2.25. The Labute approximate surface area is 786 Å². The van der Waals surface area contributed by atoms with Gasteiger partial charge in [-0.15, -0.1) is 23.5 Å². The highest BCUT2D eigenvalue weighted by Gasteiger charge is 2.44. The van der Waals surface area contributed by atoms with Gasteiger partial charge >= 0.3 is 23.9 Å². The molecule has 1 unspecified atom stereocenters. The second-order valence-corrected chi connectivity index (χ2v) is 35.9. The van der Waals surface area contributed by atoms with Crippen molar-refractivity contribution in [1.29, 1.82) is 0 Å². The fourth-order valence-corrected chi connectivity index (χ4v) is 16.1. The third-order valence-corrected chi connectivity index (χ3v) is 23.7. The van der Waals surface area contributed by atoms with E-state index in [9.17, 15) is 112 Å². The number of aliphatic hydroxyl groups is 1. The number of phenolic OH excluding ortho intramolecular Hbond substituents is 1. The van der Waals surface area contributed by atoms with Gasteiger partial charge in [0.1, 0.15) is 90.3 Å². The number of carbonyl (C=O) groups is 22. The number of aromatic hydroxyl groups is 1. The van der Waals surface area contributed by atoms with Crippen molar-refractivity contribution in [3.05, 3.63) is 114 Å². The first-order valence-corrected chi connectivity index (χ1v) is 45.2. The van der Waals surface area contributed by atoms with Crippen LogP contribution < -0.4 is 97.0 Å². The van der Waals surface area contributed by atoms with E-state index in [0.29, 0.717) is 39.9 Å². The van der Waals surface area contributed by atoms with Crippen LogP contribution in [0.2, 0.25) is 0 Å². The Kier molecular flexibility index (Phi) is 40.7. The summed E-state index contributed by atoms with van der Waals surface area (Å²) in [6, 6.07) is -4.49. The Bertz CT molecular complexity index is 5120. The molecule has 3 aliphatic heterocycles. The minimum absolute atomic E-state index is 0.196. The predicted octanol–water partition coefficient (Wildman–Crippen LogP) is -7.72. The maximum Gasteiger partial charge on any atom is 0.305 e. The lowest BCUT2D eigenvalue weighted by Gasteiger charge is -2.35. The molecule has 0 saturated carbocycles. The number of aliphatic carboxylic acids is 4. The van der Waals surface area contributed by atoms with E-state index < -0.39 is 352 Å². The van der Waals surface area contributed by atoms with E-state index in [0.717, 1.165) is 23.6 Å². The largest absolute Gasteiger partial charge is 0.508 e. The monoisotopic (exact) mass is 1940 g/mol. The number of carboxylic acids is 4. The number of phenols is 1. The molecule has 0 aliphatic carbocycles. The van der Waals surface area contributed by atoms with Crippen molar-refractivity contribution in [3.63, 3.8) is 0 Å². The predicted molar refractivity (Wildman–Crippen MR) is 483 cm³/mol. The van der Waals surface area contributed by atoms with Gasteiger partial charge in [0.15, 0.2) is 5.72 Å². The van der Waals surface area contributed by atoms with Crippen LogP contribution in [0.25, 0.3) is 10.8 Å². The van der Waals surface area contributed by atoms with Crippen LogP contribution in [0.15, 0.2) is 97.1 Å². The van der Waals surface area contributed by atoms with Crippen LogP contribution in [0, 0.1) is 5.41 Å². The van der Waals surface area contributed by atoms with Gasteiger partial charge in [-0.05, 0) is 78.6 Å². The first-order chi connectivity index (χ1) is 64.0. The zero-order chi connectivity index (χ0) is 101. The highest BCUT2D eigenvalue weighted by atomic mass is 32.2. The molecule has 738 valence electrons. The second-order valence-electron chi connectivity index (χ2n) is 33.8. The van der Waals surface area contributed by atoms with Crippen LogP contribution in [0.1, 0.15) is 103 Å². The molecular weight excluding hydrogens is 1830 g/mol. The highest BCUT2D eigenvalue weighted by molar-refractivity contribution is 8.00. The lowest BCUT2D eigenvalue weighted by atomic mass is 9.85. The summed E-state index contributed by atoms with van der Waals surface area (Å²) in [5.74, 6) is -31.6. The third kappa shape index (κ3) is 34.4. The van der Waals surface area contributed by atoms with Gasteiger partial charge in [0.2, 0.25) is 106 Å². The molecule has 18 amide bonds. The van der Waals surface area contributed by atoms with Gasteiger partial charge in [-0.1, -0.05) is 106 Å². The zero-order valence-electron chi connectivity index (χ0n) is 74.9. The van der Waals surface area contributed by atoms with E-state index in [2.05, 4.69) is 79.8 Å². The van der Waals surface area contributed by atoms with Gasteiger partial charge in [0.25, 0.3) is 0 Å². The molecule has 0 aromatic heterocycles. The molecule has 136 heavy (non-hydrogen) atoms. The number of nitrogens with two attached hydrogens (primary N) is 3. The van der Waals surface area contributed by atoms with Crippen molar-refractivity contribution in [1.82, 2.24) is 89.6 Å². The number of amides is 18. The molecule has 7 rings (SSSR count). The van der Waals surface area contributed by atoms with Crippen molar-refractivity contribution in [2.75, 3.05) is 55.7 Å². The Balaban J connectivity index is 1.41. The normalized spacial score (nSPS) is 25.6. The van der Waals surface area contributed by atoms with Gasteiger partial charge in [-0.25, -0.2) is 0 Å². The molecule has 48 nitrogen and oxygen atoms in total. The summed E-state index contributed by atoms with van der Waals surface area (Å²) in [5, 5.41) is 101. The number of thioether (sulfide) groups is 2. The van der Waals surface area contributed by atoms with Crippen LogP contribution in [0.4, 0.5) is 0 Å². The molecule has 16 atom stereocenters. The number of hydrogen-bond acceptors (Lipinski definition) is 28. The third-order valence-electron chi connectivity index (χ3n) is 21.6. The number of rotatable bonds is 21. The first-order valence-electron chi connectivity index (χ1n) is 42.9. The number of primary amides is 2. The van der Waals surface area contributed by atoms with Gasteiger partial charge in [-0.3, -0.25) is 111 Å². The Morgan fingerprint density at radius 3 is 1.38 bits per heavy atom. The number of nitrogens with one attached hydrogen (secondary N) is 15. The lowest BCUT2D eigenvalue weighted by Crippen LogP contribution is -2.65. The molecular formula is C86H114N20O28S2. The molecule has 0 radical (unpaired) electrons. The van der Waals surface area contributed by atoms with Gasteiger partial charge in [0, 0.05) is 63.2 Å². The summed E-state index contributed by atoms with van der Waals surface area (Å²) >= 11 is 1.32. The number of carboxylic acid groups (broad SMARTS) is 4. The number of nitrogens with zero attached hydrogens (tertiary/aromatic N) is 2. The molecule has 3 fully saturated rings. The number of hydrogen-bond donors (Lipinski definition) is 24. The van der Waals surface area contributed by atoms with Gasteiger partial charge in [0.05, 0.1) is 49.9 Å². The first kappa shape index (κ1) is 109. The van der Waals surface area contributed by atoms with Crippen molar-refractivity contribution >= 4 is 165 Å².